The van der Waals surface area contributed by atoms with E-state index < -0.39 is 0 Å². The maximum Gasteiger partial charge on any atom is 0.103 e. The summed E-state index contributed by atoms with van der Waals surface area (Å²) < 4.78 is 0. The average molecular weight is 245 g/mol. The monoisotopic (exact) mass is 245 g/mol. The van der Waals surface area contributed by atoms with Gasteiger partial charge in [-0.05, 0) is 57.1 Å². The van der Waals surface area contributed by atoms with Gasteiger partial charge in [0.25, 0.3) is 0 Å². The van der Waals surface area contributed by atoms with E-state index in [1.807, 2.05) is 0 Å². The molecule has 0 aromatic carbocycles. The maximum absolute atomic E-state index is 3.50. The van der Waals surface area contributed by atoms with E-state index in [9.17, 15) is 0 Å². The van der Waals surface area contributed by atoms with Crippen LogP contribution in [0.3, 0.4) is 0 Å². The lowest BCUT2D eigenvalue weighted by Crippen LogP contribution is -2.54. The lowest BCUT2D eigenvalue weighted by molar-refractivity contribution is 0.0526. The molecule has 1 N–H and O–H groups in total. The lowest BCUT2D eigenvalue weighted by Gasteiger charge is -2.46. The summed E-state index contributed by atoms with van der Waals surface area (Å²) in [6, 6.07) is 0. The number of rotatable bonds is 2. The first kappa shape index (κ1) is 11.7. The topological polar surface area (TPSA) is 18.5 Å². The van der Waals surface area contributed by atoms with E-state index in [0.29, 0.717) is 12.3 Å². The molecule has 0 amide bonds. The molecule has 2 unspecified atom stereocenters. The summed E-state index contributed by atoms with van der Waals surface area (Å²) in [5, 5.41) is 3.50. The van der Waals surface area contributed by atoms with Crippen LogP contribution in [0.5, 0.6) is 0 Å². The van der Waals surface area contributed by atoms with Crippen LogP contribution >= 0.6 is 0 Å². The van der Waals surface area contributed by atoms with Gasteiger partial charge in [0.1, 0.15) is 12.3 Å². The second-order valence-electron chi connectivity index (χ2n) is 5.32. The molecule has 98 valence electrons. The molecule has 3 nitrogen and oxygen atoms in total. The molecular formula is C15H23N3. The van der Waals surface area contributed by atoms with E-state index >= 15 is 0 Å². The van der Waals surface area contributed by atoms with Crippen molar-refractivity contribution in [1.82, 2.24) is 15.1 Å². The number of allylic oxidation sites excluding steroid dienone is 3. The van der Waals surface area contributed by atoms with E-state index in [0.717, 1.165) is 0 Å². The highest BCUT2D eigenvalue weighted by Gasteiger charge is 2.28. The predicted molar refractivity (Wildman–Crippen MR) is 74.4 cm³/mol. The molecule has 0 aliphatic carbocycles. The Kier molecular flexibility index (Phi) is 3.58. The maximum atomic E-state index is 3.50. The van der Waals surface area contributed by atoms with Crippen molar-refractivity contribution in [1.29, 1.82) is 0 Å². The van der Waals surface area contributed by atoms with Crippen molar-refractivity contribution in [2.24, 2.45) is 0 Å². The van der Waals surface area contributed by atoms with Crippen LogP contribution in [0.1, 0.15) is 38.5 Å². The van der Waals surface area contributed by atoms with Crippen LogP contribution in [-0.4, -0.2) is 28.7 Å². The van der Waals surface area contributed by atoms with Crippen molar-refractivity contribution in [3.05, 3.63) is 36.8 Å². The lowest BCUT2D eigenvalue weighted by atomic mass is 10.1. The normalized spacial score (nSPS) is 31.6. The van der Waals surface area contributed by atoms with Crippen LogP contribution in [0.25, 0.3) is 0 Å². The van der Waals surface area contributed by atoms with Crippen molar-refractivity contribution in [3.8, 4) is 0 Å². The Morgan fingerprint density at radius 1 is 0.944 bits per heavy atom. The molecule has 18 heavy (non-hydrogen) atoms. The fourth-order valence-electron chi connectivity index (χ4n) is 3.10. The summed E-state index contributed by atoms with van der Waals surface area (Å²) in [6.45, 7) is 1.20. The summed E-state index contributed by atoms with van der Waals surface area (Å²) in [5.41, 5.74) is 0. The standard InChI is InChI=1S/C15H23N3/c1-5-11-17(12-6-1)15-9-3-7-13-18(15)14-8-2-4-10-16-14/h4-5,7,10-11,13-16H,1-3,6,8-9,12H2. The minimum atomic E-state index is 0.465. The summed E-state index contributed by atoms with van der Waals surface area (Å²) >= 11 is 0. The zero-order chi connectivity index (χ0) is 12.2. The second kappa shape index (κ2) is 5.51. The van der Waals surface area contributed by atoms with E-state index in [1.54, 1.807) is 0 Å². The number of nitrogens with zero attached hydrogens (tertiary/aromatic N) is 2. The molecule has 3 aliphatic heterocycles. The summed E-state index contributed by atoms with van der Waals surface area (Å²) in [4.78, 5) is 5.04. The van der Waals surface area contributed by atoms with E-state index in [2.05, 4.69) is 51.9 Å². The molecule has 0 fully saturated rings. The van der Waals surface area contributed by atoms with Crippen molar-refractivity contribution < 1.29 is 0 Å². The first-order valence-corrected chi connectivity index (χ1v) is 7.23. The Balaban J connectivity index is 1.74. The molecule has 3 heteroatoms. The van der Waals surface area contributed by atoms with Gasteiger partial charge in [0.2, 0.25) is 0 Å². The molecule has 3 aliphatic rings. The zero-order valence-corrected chi connectivity index (χ0v) is 11.0. The minimum absolute atomic E-state index is 0.465. The van der Waals surface area contributed by atoms with Crippen LogP contribution in [0, 0.1) is 0 Å². The highest BCUT2D eigenvalue weighted by Crippen LogP contribution is 2.25. The molecule has 3 rings (SSSR count). The van der Waals surface area contributed by atoms with Gasteiger partial charge in [0, 0.05) is 6.54 Å². The number of nitrogens with one attached hydrogen (secondary N) is 1. The van der Waals surface area contributed by atoms with E-state index in [-0.39, 0.29) is 0 Å². The van der Waals surface area contributed by atoms with Crippen molar-refractivity contribution in [3.63, 3.8) is 0 Å². The van der Waals surface area contributed by atoms with Gasteiger partial charge in [-0.2, -0.15) is 0 Å². The quantitative estimate of drug-likeness (QED) is 0.807. The van der Waals surface area contributed by atoms with Gasteiger partial charge >= 0.3 is 0 Å². The van der Waals surface area contributed by atoms with Crippen LogP contribution < -0.4 is 5.32 Å². The van der Waals surface area contributed by atoms with Crippen molar-refractivity contribution >= 4 is 0 Å². The van der Waals surface area contributed by atoms with E-state index in [1.165, 1.54) is 45.1 Å². The minimum Gasteiger partial charge on any atom is -0.371 e. The molecule has 0 spiro atoms. The Labute approximate surface area is 110 Å². The second-order valence-corrected chi connectivity index (χ2v) is 5.32. The van der Waals surface area contributed by atoms with Crippen molar-refractivity contribution in [2.45, 2.75) is 50.9 Å². The van der Waals surface area contributed by atoms with Gasteiger partial charge < -0.3 is 15.1 Å². The largest absolute Gasteiger partial charge is 0.371 e. The van der Waals surface area contributed by atoms with Crippen LogP contribution in [0.4, 0.5) is 0 Å². The highest BCUT2D eigenvalue weighted by atomic mass is 15.4. The Hall–Kier alpha value is -1.38. The molecule has 3 heterocycles. The number of hydrogen-bond donors (Lipinski definition) is 1. The zero-order valence-electron chi connectivity index (χ0n) is 11.0. The third-order valence-corrected chi connectivity index (χ3v) is 4.05. The first-order chi connectivity index (χ1) is 8.95. The summed E-state index contributed by atoms with van der Waals surface area (Å²) in [6.07, 6.45) is 21.9. The molecule has 0 bridgehead atoms. The number of hydrogen-bond acceptors (Lipinski definition) is 3. The van der Waals surface area contributed by atoms with Crippen molar-refractivity contribution in [2.75, 3.05) is 6.54 Å². The molecule has 0 aromatic rings. The molecule has 0 saturated heterocycles. The van der Waals surface area contributed by atoms with Gasteiger partial charge in [-0.25, -0.2) is 0 Å². The Morgan fingerprint density at radius 3 is 2.61 bits per heavy atom. The third-order valence-electron chi connectivity index (χ3n) is 4.05. The molecule has 0 aromatic heterocycles. The van der Waals surface area contributed by atoms with E-state index in [4.69, 9.17) is 0 Å². The van der Waals surface area contributed by atoms with Gasteiger partial charge in [-0.15, -0.1) is 0 Å². The fourth-order valence-corrected chi connectivity index (χ4v) is 3.10. The Bertz CT molecular complexity index is 359. The van der Waals surface area contributed by atoms with Gasteiger partial charge in [0.15, 0.2) is 0 Å². The summed E-state index contributed by atoms with van der Waals surface area (Å²) in [7, 11) is 0. The third kappa shape index (κ3) is 2.40. The van der Waals surface area contributed by atoms with Gasteiger partial charge in [-0.3, -0.25) is 0 Å². The molecule has 0 saturated carbocycles. The predicted octanol–water partition coefficient (Wildman–Crippen LogP) is 2.75. The average Bonchev–Trinajstić information content (AvgIpc) is 2.49. The van der Waals surface area contributed by atoms with Crippen LogP contribution in [-0.2, 0) is 0 Å². The summed E-state index contributed by atoms with van der Waals surface area (Å²) in [5.74, 6) is 0. The van der Waals surface area contributed by atoms with Crippen LogP contribution in [0.2, 0.25) is 0 Å². The molecule has 2 atom stereocenters. The van der Waals surface area contributed by atoms with Crippen LogP contribution in [0.15, 0.2) is 36.8 Å². The first-order valence-electron chi connectivity index (χ1n) is 7.23. The smallest absolute Gasteiger partial charge is 0.103 e. The van der Waals surface area contributed by atoms with Gasteiger partial charge in [-0.1, -0.05) is 18.2 Å². The Morgan fingerprint density at radius 2 is 1.83 bits per heavy atom. The fraction of sp³-hybridized carbons (Fsp3) is 0.600. The highest BCUT2D eigenvalue weighted by molar-refractivity contribution is 5.02. The SMILES string of the molecule is C1=CN(C2CCC=CN2C2CCC=CN2)CCC1. The van der Waals surface area contributed by atoms with Gasteiger partial charge in [0.05, 0.1) is 0 Å². The molecular weight excluding hydrogens is 222 g/mol. The molecule has 0 radical (unpaired) electrons.